The molecule has 1 amide bonds. The summed E-state index contributed by atoms with van der Waals surface area (Å²) < 4.78 is 0. The van der Waals surface area contributed by atoms with Gasteiger partial charge in [-0.1, -0.05) is 33.6 Å². The smallest absolute Gasteiger partial charge is 0.217 e. The largest absolute Gasteiger partial charge is 0.370 e. The number of carbonyl (C=O) groups is 1. The van der Waals surface area contributed by atoms with Gasteiger partial charge in [0.15, 0.2) is 0 Å². The molecule has 0 aliphatic rings. The third kappa shape index (κ3) is 7.58. The number of rotatable bonds is 6. The molecule has 2 N–H and O–H groups in total. The molecule has 0 aliphatic heterocycles. The van der Waals surface area contributed by atoms with Gasteiger partial charge in [0.2, 0.25) is 5.91 Å². The lowest BCUT2D eigenvalue weighted by Gasteiger charge is -2.11. The van der Waals surface area contributed by atoms with Crippen LogP contribution in [0.25, 0.3) is 0 Å². The standard InChI is InChI=1S/C10H21NO/c1-8(2)4-5-9(3)6-7-10(11)12/h8-9H,4-7H2,1-3H3,(H2,11,12). The number of carbonyl (C=O) groups excluding carboxylic acids is 1. The quantitative estimate of drug-likeness (QED) is 0.655. The van der Waals surface area contributed by atoms with Crippen molar-refractivity contribution in [2.45, 2.75) is 46.5 Å². The molecule has 1 unspecified atom stereocenters. The van der Waals surface area contributed by atoms with Crippen LogP contribution in [0.4, 0.5) is 0 Å². The maximum absolute atomic E-state index is 10.5. The van der Waals surface area contributed by atoms with Gasteiger partial charge in [-0.05, 0) is 18.3 Å². The van der Waals surface area contributed by atoms with Gasteiger partial charge in [-0.2, -0.15) is 0 Å². The average molecular weight is 171 g/mol. The van der Waals surface area contributed by atoms with Gasteiger partial charge < -0.3 is 5.73 Å². The van der Waals surface area contributed by atoms with Crippen molar-refractivity contribution in [2.75, 3.05) is 0 Å². The zero-order valence-corrected chi connectivity index (χ0v) is 8.47. The topological polar surface area (TPSA) is 43.1 Å². The molecule has 0 fully saturated rings. The zero-order chi connectivity index (χ0) is 9.56. The number of nitrogens with two attached hydrogens (primary N) is 1. The lowest BCUT2D eigenvalue weighted by molar-refractivity contribution is -0.118. The Morgan fingerprint density at radius 1 is 1.17 bits per heavy atom. The average Bonchev–Trinajstić information content (AvgIpc) is 1.96. The van der Waals surface area contributed by atoms with E-state index in [9.17, 15) is 4.79 Å². The minimum Gasteiger partial charge on any atom is -0.370 e. The van der Waals surface area contributed by atoms with E-state index in [-0.39, 0.29) is 5.91 Å². The molecule has 12 heavy (non-hydrogen) atoms. The van der Waals surface area contributed by atoms with E-state index in [1.54, 1.807) is 0 Å². The van der Waals surface area contributed by atoms with E-state index in [1.165, 1.54) is 12.8 Å². The van der Waals surface area contributed by atoms with E-state index in [0.717, 1.165) is 12.3 Å². The first kappa shape index (κ1) is 11.5. The second-order valence-electron chi connectivity index (χ2n) is 4.08. The normalized spacial score (nSPS) is 13.3. The van der Waals surface area contributed by atoms with Crippen molar-refractivity contribution < 1.29 is 4.79 Å². The third-order valence-corrected chi connectivity index (χ3v) is 2.12. The molecule has 0 rings (SSSR count). The van der Waals surface area contributed by atoms with Crippen molar-refractivity contribution in [3.8, 4) is 0 Å². The van der Waals surface area contributed by atoms with Crippen LogP contribution in [0.2, 0.25) is 0 Å². The Kier molecular flexibility index (Phi) is 5.77. The zero-order valence-electron chi connectivity index (χ0n) is 8.47. The molecule has 0 aromatic heterocycles. The Balaban J connectivity index is 3.33. The summed E-state index contributed by atoms with van der Waals surface area (Å²) >= 11 is 0. The number of hydrogen-bond acceptors (Lipinski definition) is 1. The van der Waals surface area contributed by atoms with E-state index >= 15 is 0 Å². The molecule has 0 aromatic carbocycles. The highest BCUT2D eigenvalue weighted by atomic mass is 16.1. The molecule has 0 aliphatic carbocycles. The molecule has 0 saturated carbocycles. The summed E-state index contributed by atoms with van der Waals surface area (Å²) in [5.41, 5.74) is 5.06. The second kappa shape index (κ2) is 6.04. The summed E-state index contributed by atoms with van der Waals surface area (Å²) in [6.07, 6.45) is 3.95. The molecule has 72 valence electrons. The fourth-order valence-electron chi connectivity index (χ4n) is 1.15. The lowest BCUT2D eigenvalue weighted by Crippen LogP contribution is -2.12. The van der Waals surface area contributed by atoms with Crippen LogP contribution in [-0.4, -0.2) is 5.91 Å². The molecule has 2 nitrogen and oxygen atoms in total. The summed E-state index contributed by atoms with van der Waals surface area (Å²) in [5, 5.41) is 0. The van der Waals surface area contributed by atoms with Crippen molar-refractivity contribution >= 4 is 5.91 Å². The van der Waals surface area contributed by atoms with E-state index in [4.69, 9.17) is 5.73 Å². The van der Waals surface area contributed by atoms with Crippen molar-refractivity contribution in [3.05, 3.63) is 0 Å². The molecule has 1 atom stereocenters. The first-order valence-electron chi connectivity index (χ1n) is 4.80. The van der Waals surface area contributed by atoms with Crippen LogP contribution in [0.15, 0.2) is 0 Å². The van der Waals surface area contributed by atoms with Crippen LogP contribution in [0.1, 0.15) is 46.5 Å². The van der Waals surface area contributed by atoms with Crippen LogP contribution < -0.4 is 5.73 Å². The first-order valence-corrected chi connectivity index (χ1v) is 4.80. The summed E-state index contributed by atoms with van der Waals surface area (Å²) in [5.74, 6) is 1.23. The predicted octanol–water partition coefficient (Wildman–Crippen LogP) is 2.32. The van der Waals surface area contributed by atoms with Gasteiger partial charge in [0, 0.05) is 6.42 Å². The SMILES string of the molecule is CC(C)CCC(C)CCC(N)=O. The minimum atomic E-state index is -0.175. The highest BCUT2D eigenvalue weighted by Crippen LogP contribution is 2.15. The van der Waals surface area contributed by atoms with Crippen molar-refractivity contribution in [1.82, 2.24) is 0 Å². The monoisotopic (exact) mass is 171 g/mol. The van der Waals surface area contributed by atoms with Crippen molar-refractivity contribution in [3.63, 3.8) is 0 Å². The van der Waals surface area contributed by atoms with Crippen LogP contribution in [0.3, 0.4) is 0 Å². The number of hydrogen-bond donors (Lipinski definition) is 1. The summed E-state index contributed by atoms with van der Waals surface area (Å²) in [4.78, 5) is 10.5. The molecule has 0 radical (unpaired) electrons. The molecule has 0 heterocycles. The molecule has 2 heteroatoms. The van der Waals surface area contributed by atoms with Gasteiger partial charge in [0.1, 0.15) is 0 Å². The van der Waals surface area contributed by atoms with Crippen LogP contribution in [-0.2, 0) is 4.79 Å². The highest BCUT2D eigenvalue weighted by molar-refractivity contribution is 5.73. The summed E-state index contributed by atoms with van der Waals surface area (Å²) in [6, 6.07) is 0. The molecule has 0 bridgehead atoms. The predicted molar refractivity (Wildman–Crippen MR) is 51.7 cm³/mol. The fraction of sp³-hybridized carbons (Fsp3) is 0.900. The fourth-order valence-corrected chi connectivity index (χ4v) is 1.15. The summed E-state index contributed by atoms with van der Waals surface area (Å²) in [6.45, 7) is 6.63. The number of primary amides is 1. The van der Waals surface area contributed by atoms with Gasteiger partial charge in [-0.25, -0.2) is 0 Å². The van der Waals surface area contributed by atoms with Crippen molar-refractivity contribution in [1.29, 1.82) is 0 Å². The lowest BCUT2D eigenvalue weighted by atomic mass is 9.95. The van der Waals surface area contributed by atoms with Gasteiger partial charge in [0.25, 0.3) is 0 Å². The Hall–Kier alpha value is -0.530. The number of amides is 1. The minimum absolute atomic E-state index is 0.175. The molecular weight excluding hydrogens is 150 g/mol. The van der Waals surface area contributed by atoms with Crippen LogP contribution in [0.5, 0.6) is 0 Å². The van der Waals surface area contributed by atoms with E-state index in [2.05, 4.69) is 20.8 Å². The van der Waals surface area contributed by atoms with Crippen molar-refractivity contribution in [2.24, 2.45) is 17.6 Å². The second-order valence-corrected chi connectivity index (χ2v) is 4.08. The van der Waals surface area contributed by atoms with E-state index in [1.807, 2.05) is 0 Å². The maximum atomic E-state index is 10.5. The van der Waals surface area contributed by atoms with Gasteiger partial charge in [-0.3, -0.25) is 4.79 Å². The Morgan fingerprint density at radius 2 is 1.75 bits per heavy atom. The van der Waals surface area contributed by atoms with Crippen LogP contribution >= 0.6 is 0 Å². The Bertz CT molecular complexity index is 132. The van der Waals surface area contributed by atoms with E-state index < -0.39 is 0 Å². The van der Waals surface area contributed by atoms with Crippen LogP contribution in [0, 0.1) is 11.8 Å². The van der Waals surface area contributed by atoms with E-state index in [0.29, 0.717) is 12.3 Å². The Labute approximate surface area is 75.5 Å². The molecule has 0 spiro atoms. The molecule has 0 aromatic rings. The van der Waals surface area contributed by atoms with Gasteiger partial charge in [0.05, 0.1) is 0 Å². The highest BCUT2D eigenvalue weighted by Gasteiger charge is 2.05. The maximum Gasteiger partial charge on any atom is 0.217 e. The summed E-state index contributed by atoms with van der Waals surface area (Å²) in [7, 11) is 0. The molecular formula is C10H21NO. The molecule has 0 saturated heterocycles. The van der Waals surface area contributed by atoms with Gasteiger partial charge >= 0.3 is 0 Å². The van der Waals surface area contributed by atoms with Gasteiger partial charge in [-0.15, -0.1) is 0 Å². The first-order chi connectivity index (χ1) is 5.52. The third-order valence-electron chi connectivity index (χ3n) is 2.12. The Morgan fingerprint density at radius 3 is 2.17 bits per heavy atom.